The Bertz CT molecular complexity index is 538. The molecule has 2 fully saturated rings. The molecule has 1 aromatic carbocycles. The standard InChI is InChI=1S/C18H28N2.C2H2O4/c1-2-7-17(8-3-1)9-6-12-19-15-10-18(11-16-19)20-13-4-5-14-20;3-1(4)2(5)6/h1-3,7-8,18H,4-6,9-16H2;(H,3,4)(H,5,6). The molecule has 6 nitrogen and oxygen atoms in total. The smallest absolute Gasteiger partial charge is 0.414 e. The summed E-state index contributed by atoms with van der Waals surface area (Å²) >= 11 is 0. The van der Waals surface area contributed by atoms with E-state index in [0.717, 1.165) is 6.04 Å². The number of benzene rings is 1. The minimum atomic E-state index is -1.82. The van der Waals surface area contributed by atoms with Crippen LogP contribution in [0.5, 0.6) is 0 Å². The molecule has 0 unspecified atom stereocenters. The van der Waals surface area contributed by atoms with Gasteiger partial charge < -0.3 is 20.0 Å². The van der Waals surface area contributed by atoms with Gasteiger partial charge in [0, 0.05) is 6.04 Å². The number of hydrogen-bond acceptors (Lipinski definition) is 4. The first-order valence-corrected chi connectivity index (χ1v) is 9.53. The lowest BCUT2D eigenvalue weighted by atomic mass is 10.0. The van der Waals surface area contributed by atoms with E-state index in [1.165, 1.54) is 76.8 Å². The average Bonchev–Trinajstić information content (AvgIpc) is 3.18. The van der Waals surface area contributed by atoms with Gasteiger partial charge in [0.15, 0.2) is 0 Å². The summed E-state index contributed by atoms with van der Waals surface area (Å²) in [5.74, 6) is -3.65. The van der Waals surface area contributed by atoms with Gasteiger partial charge in [0.1, 0.15) is 0 Å². The summed E-state index contributed by atoms with van der Waals surface area (Å²) in [6, 6.07) is 11.8. The first-order chi connectivity index (χ1) is 12.6. The molecule has 0 atom stereocenters. The number of rotatable bonds is 5. The number of piperidine rings is 1. The highest BCUT2D eigenvalue weighted by atomic mass is 16.4. The molecule has 2 N–H and O–H groups in total. The fourth-order valence-electron chi connectivity index (χ4n) is 3.77. The number of carboxylic acid groups (broad SMARTS) is 2. The van der Waals surface area contributed by atoms with E-state index in [-0.39, 0.29) is 0 Å². The van der Waals surface area contributed by atoms with Crippen LogP contribution < -0.4 is 0 Å². The highest BCUT2D eigenvalue weighted by molar-refractivity contribution is 6.27. The summed E-state index contributed by atoms with van der Waals surface area (Å²) in [7, 11) is 0. The largest absolute Gasteiger partial charge is 0.473 e. The van der Waals surface area contributed by atoms with Crippen molar-refractivity contribution in [1.29, 1.82) is 0 Å². The molecule has 3 rings (SSSR count). The molecule has 0 bridgehead atoms. The maximum atomic E-state index is 9.10. The van der Waals surface area contributed by atoms with Gasteiger partial charge in [0.2, 0.25) is 0 Å². The summed E-state index contributed by atoms with van der Waals surface area (Å²) in [5, 5.41) is 14.8. The first kappa shape index (κ1) is 20.4. The first-order valence-electron chi connectivity index (χ1n) is 9.53. The van der Waals surface area contributed by atoms with Crippen molar-refractivity contribution in [2.24, 2.45) is 0 Å². The third-order valence-corrected chi connectivity index (χ3v) is 5.18. The molecule has 2 aliphatic rings. The van der Waals surface area contributed by atoms with E-state index in [1.807, 2.05) is 0 Å². The lowest BCUT2D eigenvalue weighted by Gasteiger charge is -2.36. The molecule has 26 heavy (non-hydrogen) atoms. The fraction of sp³-hybridized carbons (Fsp3) is 0.600. The maximum Gasteiger partial charge on any atom is 0.414 e. The van der Waals surface area contributed by atoms with Crippen LogP contribution in [0.3, 0.4) is 0 Å². The van der Waals surface area contributed by atoms with Crippen LogP contribution in [-0.4, -0.2) is 70.7 Å². The molecular weight excluding hydrogens is 332 g/mol. The molecule has 0 spiro atoms. The maximum absolute atomic E-state index is 9.10. The van der Waals surface area contributed by atoms with E-state index in [9.17, 15) is 0 Å². The number of carbonyl (C=O) groups is 2. The average molecular weight is 362 g/mol. The van der Waals surface area contributed by atoms with Crippen LogP contribution in [0.2, 0.25) is 0 Å². The number of aryl methyl sites for hydroxylation is 1. The number of likely N-dealkylation sites (tertiary alicyclic amines) is 2. The Labute approximate surface area is 155 Å². The predicted molar refractivity (Wildman–Crippen MR) is 100 cm³/mol. The molecule has 0 radical (unpaired) electrons. The number of aliphatic carboxylic acids is 2. The van der Waals surface area contributed by atoms with Crippen molar-refractivity contribution >= 4 is 11.9 Å². The topological polar surface area (TPSA) is 81.1 Å². The van der Waals surface area contributed by atoms with Crippen LogP contribution >= 0.6 is 0 Å². The van der Waals surface area contributed by atoms with Crippen molar-refractivity contribution < 1.29 is 19.8 Å². The van der Waals surface area contributed by atoms with Gasteiger partial charge in [0.05, 0.1) is 0 Å². The van der Waals surface area contributed by atoms with Crippen molar-refractivity contribution in [2.75, 3.05) is 32.7 Å². The highest BCUT2D eigenvalue weighted by Gasteiger charge is 2.25. The number of carboxylic acids is 2. The van der Waals surface area contributed by atoms with E-state index >= 15 is 0 Å². The Hall–Kier alpha value is -1.92. The van der Waals surface area contributed by atoms with Crippen LogP contribution in [-0.2, 0) is 16.0 Å². The van der Waals surface area contributed by atoms with E-state index in [1.54, 1.807) is 0 Å². The molecular formula is C20H30N2O4. The molecule has 0 aliphatic carbocycles. The quantitative estimate of drug-likeness (QED) is 0.783. The second-order valence-corrected chi connectivity index (χ2v) is 7.02. The fourth-order valence-corrected chi connectivity index (χ4v) is 3.77. The summed E-state index contributed by atoms with van der Waals surface area (Å²) in [6.45, 7) is 6.63. The molecule has 6 heteroatoms. The lowest BCUT2D eigenvalue weighted by molar-refractivity contribution is -0.159. The van der Waals surface area contributed by atoms with Gasteiger partial charge in [-0.3, -0.25) is 0 Å². The molecule has 2 saturated heterocycles. The SMILES string of the molecule is O=C(O)C(=O)O.c1ccc(CCCN2CCC(N3CCCC3)CC2)cc1. The monoisotopic (exact) mass is 362 g/mol. The Balaban J connectivity index is 0.000000352. The molecule has 0 saturated carbocycles. The van der Waals surface area contributed by atoms with E-state index < -0.39 is 11.9 Å². The van der Waals surface area contributed by atoms with Crippen molar-refractivity contribution in [3.05, 3.63) is 35.9 Å². The van der Waals surface area contributed by atoms with Crippen molar-refractivity contribution in [3.8, 4) is 0 Å². The minimum Gasteiger partial charge on any atom is -0.473 e. The van der Waals surface area contributed by atoms with Gasteiger partial charge in [-0.05, 0) is 76.8 Å². The van der Waals surface area contributed by atoms with Crippen molar-refractivity contribution in [1.82, 2.24) is 9.80 Å². The van der Waals surface area contributed by atoms with E-state index in [0.29, 0.717) is 0 Å². The lowest BCUT2D eigenvalue weighted by Crippen LogP contribution is -2.44. The molecule has 2 heterocycles. The zero-order valence-corrected chi connectivity index (χ0v) is 15.3. The molecule has 0 amide bonds. The third kappa shape index (κ3) is 7.14. The molecule has 0 aromatic heterocycles. The normalized spacial score (nSPS) is 18.9. The van der Waals surface area contributed by atoms with Crippen LogP contribution in [0.15, 0.2) is 30.3 Å². The minimum absolute atomic E-state index is 0.892. The van der Waals surface area contributed by atoms with E-state index in [2.05, 4.69) is 40.1 Å². The molecule has 144 valence electrons. The molecule has 1 aromatic rings. The van der Waals surface area contributed by atoms with Gasteiger partial charge in [-0.15, -0.1) is 0 Å². The van der Waals surface area contributed by atoms with Gasteiger partial charge in [-0.25, -0.2) is 9.59 Å². The van der Waals surface area contributed by atoms with Gasteiger partial charge in [-0.1, -0.05) is 30.3 Å². The van der Waals surface area contributed by atoms with E-state index in [4.69, 9.17) is 19.8 Å². The van der Waals surface area contributed by atoms with Crippen molar-refractivity contribution in [2.45, 2.75) is 44.6 Å². The van der Waals surface area contributed by atoms with Gasteiger partial charge >= 0.3 is 11.9 Å². The predicted octanol–water partition coefficient (Wildman–Crippen LogP) is 2.33. The van der Waals surface area contributed by atoms with Crippen LogP contribution in [0, 0.1) is 0 Å². The molecule has 2 aliphatic heterocycles. The van der Waals surface area contributed by atoms with Crippen LogP contribution in [0.25, 0.3) is 0 Å². The second kappa shape index (κ2) is 10.9. The Morgan fingerprint density at radius 1 is 0.923 bits per heavy atom. The number of nitrogens with zero attached hydrogens (tertiary/aromatic N) is 2. The summed E-state index contributed by atoms with van der Waals surface area (Å²) in [6.07, 6.45) is 8.18. The summed E-state index contributed by atoms with van der Waals surface area (Å²) < 4.78 is 0. The van der Waals surface area contributed by atoms with Crippen LogP contribution in [0.1, 0.15) is 37.7 Å². The van der Waals surface area contributed by atoms with Gasteiger partial charge in [-0.2, -0.15) is 0 Å². The number of hydrogen-bond donors (Lipinski definition) is 2. The zero-order valence-electron chi connectivity index (χ0n) is 15.3. The summed E-state index contributed by atoms with van der Waals surface area (Å²) in [5.41, 5.74) is 1.49. The summed E-state index contributed by atoms with van der Waals surface area (Å²) in [4.78, 5) is 23.6. The third-order valence-electron chi connectivity index (χ3n) is 5.18. The Morgan fingerprint density at radius 2 is 1.50 bits per heavy atom. The zero-order chi connectivity index (χ0) is 18.8. The van der Waals surface area contributed by atoms with Gasteiger partial charge in [0.25, 0.3) is 0 Å². The van der Waals surface area contributed by atoms with Crippen molar-refractivity contribution in [3.63, 3.8) is 0 Å². The Kier molecular flexibility index (Phi) is 8.58. The Morgan fingerprint density at radius 3 is 2.04 bits per heavy atom. The second-order valence-electron chi connectivity index (χ2n) is 7.02. The highest BCUT2D eigenvalue weighted by Crippen LogP contribution is 2.21. The van der Waals surface area contributed by atoms with Crippen LogP contribution in [0.4, 0.5) is 0 Å².